The van der Waals surface area contributed by atoms with Gasteiger partial charge in [-0.25, -0.2) is 21.6 Å². The van der Waals surface area contributed by atoms with Crippen LogP contribution in [0.5, 0.6) is 0 Å². The Bertz CT molecular complexity index is 872. The van der Waals surface area contributed by atoms with Crippen LogP contribution < -0.4 is 0 Å². The van der Waals surface area contributed by atoms with Crippen molar-refractivity contribution in [1.29, 1.82) is 0 Å². The lowest BCUT2D eigenvalue weighted by Gasteiger charge is -2.29. The predicted molar refractivity (Wildman–Crippen MR) is 81.1 cm³/mol. The molecule has 0 unspecified atom stereocenters. The van der Waals surface area contributed by atoms with Crippen molar-refractivity contribution in [2.45, 2.75) is 29.1 Å². The van der Waals surface area contributed by atoms with Crippen LogP contribution in [0, 0.1) is 5.82 Å². The molecule has 23 heavy (non-hydrogen) atoms. The smallest absolute Gasteiger partial charge is 0.277 e. The molecule has 124 valence electrons. The highest BCUT2D eigenvalue weighted by Crippen LogP contribution is 2.51. The monoisotopic (exact) mass is 362 g/mol. The minimum atomic E-state index is -3.79. The highest BCUT2D eigenvalue weighted by Gasteiger charge is 2.47. The summed E-state index contributed by atoms with van der Waals surface area (Å²) in [5, 5.41) is 9.97. The van der Waals surface area contributed by atoms with Crippen molar-refractivity contribution in [1.82, 2.24) is 0 Å². The molecule has 1 aliphatic rings. The molecule has 1 aliphatic carbocycles. The first-order valence-electron chi connectivity index (χ1n) is 6.78. The first kappa shape index (κ1) is 16.5. The quantitative estimate of drug-likeness (QED) is 0.889. The Morgan fingerprint density at radius 3 is 2.65 bits per heavy atom. The molecule has 0 amide bonds. The summed E-state index contributed by atoms with van der Waals surface area (Å²) >= 11 is 0.801. The van der Waals surface area contributed by atoms with Crippen molar-refractivity contribution >= 4 is 21.2 Å². The van der Waals surface area contributed by atoms with E-state index in [9.17, 15) is 26.7 Å². The van der Waals surface area contributed by atoms with Gasteiger partial charge in [-0.15, -0.1) is 11.3 Å². The molecule has 3 nitrogen and oxygen atoms in total. The van der Waals surface area contributed by atoms with E-state index >= 15 is 0 Å². The van der Waals surface area contributed by atoms with Crippen molar-refractivity contribution < 1.29 is 26.7 Å². The molecule has 0 bridgehead atoms. The van der Waals surface area contributed by atoms with E-state index in [1.165, 1.54) is 18.2 Å². The summed E-state index contributed by atoms with van der Waals surface area (Å²) in [5.41, 5.74) is 0.533. The summed E-state index contributed by atoms with van der Waals surface area (Å²) in [6.45, 7) is 0. The third kappa shape index (κ3) is 2.79. The van der Waals surface area contributed by atoms with Crippen LogP contribution in [0.25, 0.3) is 10.4 Å². The number of thiophene rings is 1. The maximum atomic E-state index is 13.8. The van der Waals surface area contributed by atoms with Crippen molar-refractivity contribution in [2.24, 2.45) is 0 Å². The van der Waals surface area contributed by atoms with Gasteiger partial charge in [0.15, 0.2) is 9.84 Å². The molecule has 0 fully saturated rings. The topological polar surface area (TPSA) is 54.4 Å². The van der Waals surface area contributed by atoms with Crippen LogP contribution in [-0.4, -0.2) is 25.7 Å². The van der Waals surface area contributed by atoms with Gasteiger partial charge in [-0.3, -0.25) is 0 Å². The van der Waals surface area contributed by atoms with E-state index < -0.39 is 34.1 Å². The average Bonchev–Trinajstić information content (AvgIpc) is 2.83. The summed E-state index contributed by atoms with van der Waals surface area (Å²) in [6, 6.07) is 5.51. The van der Waals surface area contributed by atoms with Gasteiger partial charge in [0.2, 0.25) is 0 Å². The molecule has 1 N–H and O–H groups in total. The van der Waals surface area contributed by atoms with E-state index in [0.717, 1.165) is 17.6 Å². The number of sulfone groups is 1. The van der Waals surface area contributed by atoms with E-state index in [0.29, 0.717) is 16.0 Å². The standard InChI is InChI=1S/C15H13F3O3S2/c1-23(20,21)14-11-10(5-6-15(17,18)13(11)19)12(22-14)8-3-2-4-9(16)7-8/h2-4,7,13,19H,5-6H2,1H3/t13-/m0/s1. The summed E-state index contributed by atoms with van der Waals surface area (Å²) in [4.78, 5) is 0.412. The molecule has 1 aromatic heterocycles. The largest absolute Gasteiger partial charge is 0.382 e. The van der Waals surface area contributed by atoms with Gasteiger partial charge >= 0.3 is 0 Å². The number of halogens is 3. The molecule has 0 radical (unpaired) electrons. The fraction of sp³-hybridized carbons (Fsp3) is 0.333. The van der Waals surface area contributed by atoms with Gasteiger partial charge in [0.25, 0.3) is 5.92 Å². The number of aliphatic hydroxyl groups is 1. The number of alkyl halides is 2. The minimum Gasteiger partial charge on any atom is -0.382 e. The highest BCUT2D eigenvalue weighted by atomic mass is 32.2. The Kier molecular flexibility index (Phi) is 3.81. The normalized spacial score (nSPS) is 20.3. The lowest BCUT2D eigenvalue weighted by atomic mass is 9.87. The minimum absolute atomic E-state index is 0.0722. The molecular weight excluding hydrogens is 349 g/mol. The molecular formula is C15H13F3O3S2. The molecule has 2 aromatic rings. The second kappa shape index (κ2) is 5.32. The number of fused-ring (bicyclic) bond motifs is 1. The highest BCUT2D eigenvalue weighted by molar-refractivity contribution is 7.92. The average molecular weight is 362 g/mol. The van der Waals surface area contributed by atoms with Gasteiger partial charge in [0.1, 0.15) is 16.1 Å². The lowest BCUT2D eigenvalue weighted by molar-refractivity contribution is -0.122. The zero-order valence-corrected chi connectivity index (χ0v) is 13.6. The second-order valence-electron chi connectivity index (χ2n) is 5.56. The van der Waals surface area contributed by atoms with Gasteiger partial charge in [0.05, 0.1) is 0 Å². The molecule has 1 heterocycles. The third-order valence-corrected chi connectivity index (χ3v) is 6.96. The SMILES string of the molecule is CS(=O)(=O)c1sc(-c2cccc(F)c2)c2c1[C@H](O)C(F)(F)CC2. The lowest BCUT2D eigenvalue weighted by Crippen LogP contribution is -2.32. The molecule has 0 spiro atoms. The Balaban J connectivity index is 2.30. The Morgan fingerprint density at radius 1 is 1.35 bits per heavy atom. The molecule has 0 saturated heterocycles. The van der Waals surface area contributed by atoms with Crippen LogP contribution in [0.2, 0.25) is 0 Å². The first-order valence-corrected chi connectivity index (χ1v) is 9.49. The van der Waals surface area contributed by atoms with Gasteiger partial charge in [-0.05, 0) is 29.7 Å². The number of aliphatic hydroxyl groups excluding tert-OH is 1. The van der Waals surface area contributed by atoms with E-state index in [1.54, 1.807) is 6.07 Å². The van der Waals surface area contributed by atoms with Crippen LogP contribution in [0.4, 0.5) is 13.2 Å². The van der Waals surface area contributed by atoms with E-state index in [4.69, 9.17) is 0 Å². The maximum absolute atomic E-state index is 13.8. The molecule has 0 aliphatic heterocycles. The van der Waals surface area contributed by atoms with Crippen molar-refractivity contribution in [3.05, 3.63) is 41.2 Å². The van der Waals surface area contributed by atoms with Crippen molar-refractivity contribution in [3.63, 3.8) is 0 Å². The molecule has 0 saturated carbocycles. The fourth-order valence-electron chi connectivity index (χ4n) is 2.76. The summed E-state index contributed by atoms with van der Waals surface area (Å²) in [5.74, 6) is -3.89. The second-order valence-corrected chi connectivity index (χ2v) is 8.79. The van der Waals surface area contributed by atoms with Crippen LogP contribution >= 0.6 is 11.3 Å². The summed E-state index contributed by atoms with van der Waals surface area (Å²) < 4.78 is 64.7. The number of hydrogen-bond donors (Lipinski definition) is 1. The number of hydrogen-bond acceptors (Lipinski definition) is 4. The van der Waals surface area contributed by atoms with Crippen LogP contribution in [0.1, 0.15) is 23.7 Å². The molecule has 3 rings (SSSR count). The molecule has 8 heteroatoms. The predicted octanol–water partition coefficient (Wildman–Crippen LogP) is 3.57. The van der Waals surface area contributed by atoms with Gasteiger partial charge in [0, 0.05) is 23.1 Å². The van der Waals surface area contributed by atoms with Gasteiger partial charge in [-0.2, -0.15) is 0 Å². The first-order chi connectivity index (χ1) is 10.6. The van der Waals surface area contributed by atoms with E-state index in [-0.39, 0.29) is 16.2 Å². The van der Waals surface area contributed by atoms with Crippen molar-refractivity contribution in [3.8, 4) is 10.4 Å². The zero-order valence-electron chi connectivity index (χ0n) is 12.0. The Labute approximate surface area is 135 Å². The zero-order chi connectivity index (χ0) is 17.0. The Hall–Kier alpha value is -1.38. The van der Waals surface area contributed by atoms with Crippen LogP contribution in [0.15, 0.2) is 28.5 Å². The van der Waals surface area contributed by atoms with E-state index in [2.05, 4.69) is 0 Å². The van der Waals surface area contributed by atoms with Crippen LogP contribution in [0.3, 0.4) is 0 Å². The number of rotatable bonds is 2. The van der Waals surface area contributed by atoms with Crippen LogP contribution in [-0.2, 0) is 16.3 Å². The fourth-order valence-corrected chi connectivity index (χ4v) is 5.36. The third-order valence-electron chi connectivity index (χ3n) is 3.82. The number of benzene rings is 1. The Morgan fingerprint density at radius 2 is 2.04 bits per heavy atom. The van der Waals surface area contributed by atoms with Gasteiger partial charge in [-0.1, -0.05) is 12.1 Å². The molecule has 1 aromatic carbocycles. The summed E-state index contributed by atoms with van der Waals surface area (Å²) in [6.07, 6.45) is -1.91. The molecule has 1 atom stereocenters. The van der Waals surface area contributed by atoms with Gasteiger partial charge < -0.3 is 5.11 Å². The van der Waals surface area contributed by atoms with E-state index in [1.807, 2.05) is 0 Å². The maximum Gasteiger partial charge on any atom is 0.277 e. The summed E-state index contributed by atoms with van der Waals surface area (Å²) in [7, 11) is -3.79. The van der Waals surface area contributed by atoms with Crippen molar-refractivity contribution in [2.75, 3.05) is 6.26 Å².